The Labute approximate surface area is 308 Å². The summed E-state index contributed by atoms with van der Waals surface area (Å²) in [4.78, 5) is 13.6. The first-order valence-corrected chi connectivity index (χ1v) is 24.1. The van der Waals surface area contributed by atoms with Crippen LogP contribution in [0.2, 0.25) is 6.04 Å². The van der Waals surface area contributed by atoms with Gasteiger partial charge in [-0.3, -0.25) is 0 Å². The molecule has 0 saturated carbocycles. The zero-order valence-corrected chi connectivity index (χ0v) is 34.7. The van der Waals surface area contributed by atoms with Gasteiger partial charge in [-0.15, -0.1) is 0 Å². The molecule has 0 aliphatic carbocycles. The Kier molecular flexibility index (Phi) is 41.4. The number of rotatable bonds is 43. The van der Waals surface area contributed by atoms with E-state index in [1.165, 1.54) is 212 Å². The Hall–Kier alpha value is -0.523. The van der Waals surface area contributed by atoms with Crippen molar-refractivity contribution in [2.75, 3.05) is 26.4 Å². The van der Waals surface area contributed by atoms with Gasteiger partial charge in [0.05, 0.1) is 6.54 Å². The normalized spacial score (nSPS) is 11.7. The molecule has 0 aliphatic heterocycles. The highest BCUT2D eigenvalue weighted by molar-refractivity contribution is 6.60. The number of hydrogen-bond donors (Lipinski definition) is 0. The van der Waals surface area contributed by atoms with Crippen molar-refractivity contribution in [1.82, 2.24) is 0 Å². The largest absolute Gasteiger partial charge is 0.500 e. The first-order chi connectivity index (χ1) is 24.2. The first-order valence-electron chi connectivity index (χ1n) is 22.2. The summed E-state index contributed by atoms with van der Waals surface area (Å²) < 4.78 is 17.9. The maximum absolute atomic E-state index is 10.0. The van der Waals surface area contributed by atoms with Gasteiger partial charge in [0, 0.05) is 25.9 Å². The lowest BCUT2D eigenvalue weighted by Crippen LogP contribution is -2.45. The lowest BCUT2D eigenvalue weighted by molar-refractivity contribution is 0.0706. The number of aliphatic imine (C=N–C) groups is 1. The number of hydrogen-bond acceptors (Lipinski definition) is 5. The van der Waals surface area contributed by atoms with E-state index in [2.05, 4.69) is 4.99 Å². The second kappa shape index (κ2) is 41.9. The molecule has 0 saturated heterocycles. The molecule has 292 valence electrons. The molecule has 5 nitrogen and oxygen atoms in total. The summed E-state index contributed by atoms with van der Waals surface area (Å²) in [5, 5.41) is 0. The highest BCUT2D eigenvalue weighted by Gasteiger charge is 2.39. The van der Waals surface area contributed by atoms with Crippen LogP contribution in [-0.4, -0.2) is 41.2 Å². The van der Waals surface area contributed by atoms with E-state index in [0.717, 1.165) is 12.5 Å². The van der Waals surface area contributed by atoms with Gasteiger partial charge in [-0.1, -0.05) is 205 Å². The van der Waals surface area contributed by atoms with Crippen LogP contribution >= 0.6 is 0 Å². The van der Waals surface area contributed by atoms with E-state index in [4.69, 9.17) is 13.3 Å². The number of carbonyl (C=O) groups excluding carboxylic acids is 1. The van der Waals surface area contributed by atoms with Gasteiger partial charge < -0.3 is 13.3 Å². The second-order valence-corrected chi connectivity index (χ2v) is 17.5. The molecule has 0 unspecified atom stereocenters. The fraction of sp³-hybridized carbons (Fsp3) is 0.977. The Balaban J connectivity index is 3.21. The number of isocyanates is 1. The van der Waals surface area contributed by atoms with Crippen molar-refractivity contribution in [3.8, 4) is 0 Å². The molecule has 0 spiro atoms. The van der Waals surface area contributed by atoms with Gasteiger partial charge in [-0.05, 0) is 33.6 Å². The summed E-state index contributed by atoms with van der Waals surface area (Å²) in [5.41, 5.74) is 0. The minimum atomic E-state index is -2.43. The maximum atomic E-state index is 10.0. The lowest BCUT2D eigenvalue weighted by Gasteiger charge is -2.28. The van der Waals surface area contributed by atoms with Crippen LogP contribution in [0.3, 0.4) is 0 Å². The summed E-state index contributed by atoms with van der Waals surface area (Å²) in [7, 11) is -2.43. The topological polar surface area (TPSA) is 57.1 Å². The van der Waals surface area contributed by atoms with Crippen molar-refractivity contribution in [2.45, 2.75) is 245 Å². The monoisotopic (exact) mass is 710 g/mol. The van der Waals surface area contributed by atoms with Crippen LogP contribution in [0.1, 0.15) is 239 Å². The molecule has 0 fully saturated rings. The fourth-order valence-electron chi connectivity index (χ4n) is 7.24. The molecule has 0 aromatic rings. The van der Waals surface area contributed by atoms with E-state index in [1.54, 1.807) is 6.08 Å². The summed E-state index contributed by atoms with van der Waals surface area (Å²) in [6.45, 7) is 8.84. The second-order valence-electron chi connectivity index (χ2n) is 14.7. The van der Waals surface area contributed by atoms with Crippen molar-refractivity contribution >= 4 is 14.9 Å². The zero-order valence-electron chi connectivity index (χ0n) is 33.7. The van der Waals surface area contributed by atoms with Crippen LogP contribution in [0, 0.1) is 0 Å². The molecule has 0 atom stereocenters. The third kappa shape index (κ3) is 37.1. The highest BCUT2D eigenvalue weighted by Crippen LogP contribution is 2.21. The Bertz CT molecular complexity index is 655. The molecule has 0 radical (unpaired) electrons. The lowest BCUT2D eigenvalue weighted by atomic mass is 10.0. The van der Waals surface area contributed by atoms with Crippen LogP contribution in [0.15, 0.2) is 4.99 Å². The molecule has 0 aromatic heterocycles. The number of nitrogens with zero attached hydrogens (tertiary/aromatic N) is 1. The highest BCUT2D eigenvalue weighted by atomic mass is 28.4. The predicted octanol–water partition coefficient (Wildman–Crippen LogP) is 14.6. The first kappa shape index (κ1) is 48.5. The van der Waals surface area contributed by atoms with Gasteiger partial charge in [0.25, 0.3) is 0 Å². The van der Waals surface area contributed by atoms with Gasteiger partial charge in [0.2, 0.25) is 6.08 Å². The third-order valence-corrected chi connectivity index (χ3v) is 13.3. The van der Waals surface area contributed by atoms with Gasteiger partial charge in [0.1, 0.15) is 0 Å². The van der Waals surface area contributed by atoms with E-state index in [1.807, 2.05) is 20.8 Å². The molecule has 0 bridgehead atoms. The van der Waals surface area contributed by atoms with Crippen LogP contribution < -0.4 is 0 Å². The number of unbranched alkanes of at least 4 members (excludes halogenated alkanes) is 33. The fourth-order valence-corrected chi connectivity index (χ4v) is 9.92. The Morgan fingerprint density at radius 2 is 0.551 bits per heavy atom. The van der Waals surface area contributed by atoms with Crippen molar-refractivity contribution < 1.29 is 18.1 Å². The molecule has 0 amide bonds. The van der Waals surface area contributed by atoms with Crippen molar-refractivity contribution in [1.29, 1.82) is 0 Å². The Morgan fingerprint density at radius 3 is 0.755 bits per heavy atom. The summed E-state index contributed by atoms with van der Waals surface area (Å²) in [5.74, 6) is 0. The molecule has 0 rings (SSSR count). The molecule has 49 heavy (non-hydrogen) atoms. The quantitative estimate of drug-likeness (QED) is 0.0274. The van der Waals surface area contributed by atoms with E-state index in [9.17, 15) is 4.79 Å². The molecule has 0 aliphatic rings. The predicted molar refractivity (Wildman–Crippen MR) is 215 cm³/mol. The summed E-state index contributed by atoms with van der Waals surface area (Å²) in [6.07, 6.45) is 49.3. The van der Waals surface area contributed by atoms with Crippen molar-refractivity contribution in [3.63, 3.8) is 0 Å². The van der Waals surface area contributed by atoms with Gasteiger partial charge >= 0.3 is 8.80 Å². The minimum Gasteiger partial charge on any atom is -0.374 e. The molecule has 0 aromatic carbocycles. The van der Waals surface area contributed by atoms with Crippen molar-refractivity contribution in [3.05, 3.63) is 0 Å². The van der Waals surface area contributed by atoms with Crippen LogP contribution in [0.4, 0.5) is 0 Å². The average molecular weight is 710 g/mol. The standard InChI is InChI=1S/C43H87NO4Si/c1-4-46-49(47-5-2,48-6-3)42-40-38-36-34-32-30-28-26-24-22-20-18-16-14-12-10-8-7-9-11-13-15-17-19-21-23-25-27-29-31-33-35-37-39-41-44-43-45/h4-42H2,1-3H3. The molecule has 0 heterocycles. The molecular weight excluding hydrogens is 623 g/mol. The third-order valence-electron chi connectivity index (χ3n) is 10.2. The van der Waals surface area contributed by atoms with Gasteiger partial charge in [-0.25, -0.2) is 9.79 Å². The summed E-state index contributed by atoms with van der Waals surface area (Å²) >= 11 is 0. The van der Waals surface area contributed by atoms with E-state index in [-0.39, 0.29) is 0 Å². The Morgan fingerprint density at radius 1 is 0.347 bits per heavy atom. The molecule has 0 N–H and O–H groups in total. The van der Waals surface area contributed by atoms with Crippen LogP contribution in [-0.2, 0) is 18.1 Å². The van der Waals surface area contributed by atoms with Crippen molar-refractivity contribution in [2.24, 2.45) is 4.99 Å². The zero-order chi connectivity index (χ0) is 35.6. The SMILES string of the molecule is CCO[Si](CCCCCCCCCCCCCCCCCCCCCCCCCCCCCCCCCCCCN=C=O)(OCC)OCC. The van der Waals surface area contributed by atoms with E-state index < -0.39 is 8.80 Å². The average Bonchev–Trinajstić information content (AvgIpc) is 3.10. The van der Waals surface area contributed by atoms with Gasteiger partial charge in [0.15, 0.2) is 0 Å². The molecular formula is C43H87NO4Si. The van der Waals surface area contributed by atoms with Crippen LogP contribution in [0.25, 0.3) is 0 Å². The molecule has 6 heteroatoms. The van der Waals surface area contributed by atoms with E-state index >= 15 is 0 Å². The van der Waals surface area contributed by atoms with E-state index in [0.29, 0.717) is 26.4 Å². The smallest absolute Gasteiger partial charge is 0.374 e. The maximum Gasteiger partial charge on any atom is 0.500 e. The van der Waals surface area contributed by atoms with Gasteiger partial charge in [-0.2, -0.15) is 0 Å². The minimum absolute atomic E-state index is 0.666. The van der Waals surface area contributed by atoms with Crippen LogP contribution in [0.5, 0.6) is 0 Å². The summed E-state index contributed by atoms with van der Waals surface area (Å²) in [6, 6.07) is 0.969.